The van der Waals surface area contributed by atoms with Crippen molar-refractivity contribution in [3.05, 3.63) is 42.7 Å². The predicted octanol–water partition coefficient (Wildman–Crippen LogP) is 3.61. The molecular formula is C18H19N3O2S. The fraction of sp³-hybridized carbons (Fsp3) is 0.278. The maximum absolute atomic E-state index is 12.1. The van der Waals surface area contributed by atoms with Gasteiger partial charge in [-0.25, -0.2) is 0 Å². The molecule has 3 heterocycles. The second kappa shape index (κ2) is 7.40. The van der Waals surface area contributed by atoms with E-state index in [9.17, 15) is 4.79 Å². The van der Waals surface area contributed by atoms with Gasteiger partial charge < -0.3 is 9.64 Å². The van der Waals surface area contributed by atoms with Gasteiger partial charge in [-0.05, 0) is 32.0 Å². The van der Waals surface area contributed by atoms with Crippen LogP contribution in [0, 0.1) is 0 Å². The molecule has 24 heavy (non-hydrogen) atoms. The third-order valence-electron chi connectivity index (χ3n) is 3.76. The molecule has 0 N–H and O–H groups in total. The summed E-state index contributed by atoms with van der Waals surface area (Å²) in [6.45, 7) is 5.34. The molecule has 0 atom stereocenters. The maximum atomic E-state index is 12.1. The molecule has 0 bridgehead atoms. The van der Waals surface area contributed by atoms with Crippen LogP contribution in [0.5, 0.6) is 5.75 Å². The molecule has 0 saturated heterocycles. The molecule has 0 aliphatic carbocycles. The molecule has 5 nitrogen and oxygen atoms in total. The number of hydrogen-bond donors (Lipinski definition) is 0. The highest BCUT2D eigenvalue weighted by molar-refractivity contribution is 7.22. The fourth-order valence-electron chi connectivity index (χ4n) is 2.47. The van der Waals surface area contributed by atoms with Crippen LogP contribution in [0.4, 0.5) is 0 Å². The number of aromatic nitrogens is 2. The molecule has 0 saturated carbocycles. The normalized spacial score (nSPS) is 10.8. The number of carbonyl (C=O) groups excluding carboxylic acids is 1. The Morgan fingerprint density at radius 3 is 2.71 bits per heavy atom. The van der Waals surface area contributed by atoms with E-state index in [0.717, 1.165) is 20.8 Å². The molecule has 0 fully saturated rings. The molecular weight excluding hydrogens is 322 g/mol. The van der Waals surface area contributed by atoms with E-state index < -0.39 is 0 Å². The average molecular weight is 341 g/mol. The molecule has 0 unspecified atom stereocenters. The highest BCUT2D eigenvalue weighted by Crippen LogP contribution is 2.36. The third-order valence-corrected chi connectivity index (χ3v) is 4.92. The molecule has 3 aromatic heterocycles. The highest BCUT2D eigenvalue weighted by Gasteiger charge is 2.14. The monoisotopic (exact) mass is 341 g/mol. The standard InChI is InChI=1S/C18H19N3O2S/c1-3-21(4-2)17(22)12-23-15-8-10-20-14-11-16(24-18(14)15)13-7-5-6-9-19-13/h5-11H,3-4,12H2,1-2H3. The number of ether oxygens (including phenoxy) is 1. The smallest absolute Gasteiger partial charge is 0.260 e. The van der Waals surface area contributed by atoms with E-state index in [4.69, 9.17) is 4.74 Å². The van der Waals surface area contributed by atoms with Crippen molar-refractivity contribution in [2.75, 3.05) is 19.7 Å². The van der Waals surface area contributed by atoms with Gasteiger partial charge in [-0.2, -0.15) is 0 Å². The van der Waals surface area contributed by atoms with Crippen LogP contribution in [0.15, 0.2) is 42.7 Å². The molecule has 1 amide bonds. The number of carbonyl (C=O) groups is 1. The minimum atomic E-state index is -0.00790. The summed E-state index contributed by atoms with van der Waals surface area (Å²) < 4.78 is 6.71. The molecule has 6 heteroatoms. The van der Waals surface area contributed by atoms with Gasteiger partial charge in [0.05, 0.1) is 20.8 Å². The van der Waals surface area contributed by atoms with E-state index in [-0.39, 0.29) is 12.5 Å². The van der Waals surface area contributed by atoms with Crippen molar-refractivity contribution in [2.45, 2.75) is 13.8 Å². The van der Waals surface area contributed by atoms with Crippen molar-refractivity contribution < 1.29 is 9.53 Å². The van der Waals surface area contributed by atoms with E-state index in [1.54, 1.807) is 34.7 Å². The number of fused-ring (bicyclic) bond motifs is 1. The predicted molar refractivity (Wildman–Crippen MR) is 96.3 cm³/mol. The average Bonchev–Trinajstić information content (AvgIpc) is 3.06. The van der Waals surface area contributed by atoms with Crippen LogP contribution in [0.2, 0.25) is 0 Å². The van der Waals surface area contributed by atoms with Gasteiger partial charge in [0.25, 0.3) is 5.91 Å². The van der Waals surface area contributed by atoms with Crippen molar-refractivity contribution >= 4 is 27.5 Å². The van der Waals surface area contributed by atoms with Gasteiger partial charge in [0.2, 0.25) is 0 Å². The number of pyridine rings is 2. The Hall–Kier alpha value is -2.47. The first-order valence-corrected chi connectivity index (χ1v) is 8.75. The fourth-order valence-corrected chi connectivity index (χ4v) is 3.53. The minimum Gasteiger partial charge on any atom is -0.482 e. The largest absolute Gasteiger partial charge is 0.482 e. The lowest BCUT2D eigenvalue weighted by Crippen LogP contribution is -2.34. The van der Waals surface area contributed by atoms with Crippen LogP contribution in [-0.2, 0) is 4.79 Å². The van der Waals surface area contributed by atoms with E-state index in [0.29, 0.717) is 18.8 Å². The molecule has 0 spiro atoms. The first-order valence-electron chi connectivity index (χ1n) is 7.93. The summed E-state index contributed by atoms with van der Waals surface area (Å²) >= 11 is 1.57. The molecule has 0 aliphatic heterocycles. The lowest BCUT2D eigenvalue weighted by atomic mass is 10.3. The molecule has 0 aliphatic rings. The SMILES string of the molecule is CCN(CC)C(=O)COc1ccnc2cc(-c3ccccn3)sc12. The van der Waals surface area contributed by atoms with Gasteiger partial charge in [-0.1, -0.05) is 6.07 Å². The summed E-state index contributed by atoms with van der Waals surface area (Å²) in [5.41, 5.74) is 1.76. The lowest BCUT2D eigenvalue weighted by molar-refractivity contribution is -0.132. The number of likely N-dealkylation sites (N-methyl/N-ethyl adjacent to an activating group) is 1. The van der Waals surface area contributed by atoms with E-state index in [1.807, 2.05) is 38.1 Å². The summed E-state index contributed by atoms with van der Waals surface area (Å²) in [5, 5.41) is 0. The van der Waals surface area contributed by atoms with Crippen LogP contribution in [0.25, 0.3) is 20.8 Å². The van der Waals surface area contributed by atoms with Gasteiger partial charge in [0.15, 0.2) is 6.61 Å². The molecule has 0 aromatic carbocycles. The van der Waals surface area contributed by atoms with Crippen LogP contribution < -0.4 is 4.74 Å². The maximum Gasteiger partial charge on any atom is 0.260 e. The van der Waals surface area contributed by atoms with Crippen molar-refractivity contribution in [2.24, 2.45) is 0 Å². The first-order chi connectivity index (χ1) is 11.7. The number of thiophene rings is 1. The van der Waals surface area contributed by atoms with E-state index in [2.05, 4.69) is 9.97 Å². The molecule has 3 rings (SSSR count). The quantitative estimate of drug-likeness (QED) is 0.687. The Morgan fingerprint density at radius 1 is 1.17 bits per heavy atom. The summed E-state index contributed by atoms with van der Waals surface area (Å²) in [4.78, 5) is 23.7. The van der Waals surface area contributed by atoms with Crippen molar-refractivity contribution in [3.8, 4) is 16.3 Å². The Balaban J connectivity index is 1.84. The summed E-state index contributed by atoms with van der Waals surface area (Å²) in [7, 11) is 0. The first kappa shape index (κ1) is 16.4. The van der Waals surface area contributed by atoms with Gasteiger partial charge in [0, 0.05) is 31.5 Å². The topological polar surface area (TPSA) is 55.3 Å². The lowest BCUT2D eigenvalue weighted by Gasteiger charge is -2.18. The Labute approximate surface area is 144 Å². The van der Waals surface area contributed by atoms with E-state index >= 15 is 0 Å². The Kier molecular flexibility index (Phi) is 5.05. The van der Waals surface area contributed by atoms with Crippen LogP contribution >= 0.6 is 11.3 Å². The summed E-state index contributed by atoms with van der Waals surface area (Å²) in [5.74, 6) is 0.680. The Morgan fingerprint density at radius 2 is 2.00 bits per heavy atom. The van der Waals surface area contributed by atoms with Crippen LogP contribution in [-0.4, -0.2) is 40.5 Å². The van der Waals surface area contributed by atoms with Crippen molar-refractivity contribution in [1.82, 2.24) is 14.9 Å². The van der Waals surface area contributed by atoms with Crippen LogP contribution in [0.3, 0.4) is 0 Å². The molecule has 124 valence electrons. The van der Waals surface area contributed by atoms with Gasteiger partial charge in [-0.3, -0.25) is 14.8 Å². The zero-order valence-electron chi connectivity index (χ0n) is 13.7. The number of rotatable bonds is 6. The van der Waals surface area contributed by atoms with Gasteiger partial charge >= 0.3 is 0 Å². The number of hydrogen-bond acceptors (Lipinski definition) is 5. The minimum absolute atomic E-state index is 0.00790. The third kappa shape index (κ3) is 3.38. The Bertz CT molecular complexity index is 829. The summed E-state index contributed by atoms with van der Waals surface area (Å²) in [6.07, 6.45) is 3.47. The number of amides is 1. The molecule has 0 radical (unpaired) electrons. The van der Waals surface area contributed by atoms with Gasteiger partial charge in [0.1, 0.15) is 5.75 Å². The second-order valence-electron chi connectivity index (χ2n) is 5.20. The van der Waals surface area contributed by atoms with Crippen molar-refractivity contribution in [3.63, 3.8) is 0 Å². The molecule has 3 aromatic rings. The second-order valence-corrected chi connectivity index (χ2v) is 6.26. The zero-order valence-corrected chi connectivity index (χ0v) is 14.5. The zero-order chi connectivity index (χ0) is 16.9. The van der Waals surface area contributed by atoms with Gasteiger partial charge in [-0.15, -0.1) is 11.3 Å². The van der Waals surface area contributed by atoms with Crippen molar-refractivity contribution in [1.29, 1.82) is 0 Å². The van der Waals surface area contributed by atoms with Crippen LogP contribution in [0.1, 0.15) is 13.8 Å². The van der Waals surface area contributed by atoms with E-state index in [1.165, 1.54) is 0 Å². The number of nitrogens with zero attached hydrogens (tertiary/aromatic N) is 3. The highest BCUT2D eigenvalue weighted by atomic mass is 32.1. The summed E-state index contributed by atoms with van der Waals surface area (Å²) in [6, 6.07) is 9.62.